The molecule has 0 spiro atoms. The number of hydrogen-bond donors (Lipinski definition) is 3. The molecule has 2 bridgehead atoms. The normalized spacial score (nSPS) is 29.9. The maximum absolute atomic E-state index is 12.4. The molecule has 2 aliphatic carbocycles. The van der Waals surface area contributed by atoms with Crippen molar-refractivity contribution in [3.05, 3.63) is 24.2 Å². The van der Waals surface area contributed by atoms with E-state index in [2.05, 4.69) is 10.6 Å². The quantitative estimate of drug-likeness (QED) is 0.767. The van der Waals surface area contributed by atoms with E-state index < -0.39 is 6.04 Å². The fourth-order valence-corrected chi connectivity index (χ4v) is 4.05. The Hall–Kier alpha value is -1.53. The topological polar surface area (TPSA) is 97.4 Å². The summed E-state index contributed by atoms with van der Waals surface area (Å²) in [6, 6.07) is 1.46. The minimum atomic E-state index is -0.575. The zero-order chi connectivity index (χ0) is 16.4. The molecular formula is C17H26ClN3O3. The minimum absolute atomic E-state index is 0. The number of nitrogens with one attached hydrogen (secondary N) is 2. The van der Waals surface area contributed by atoms with E-state index in [1.54, 1.807) is 13.0 Å². The van der Waals surface area contributed by atoms with Crippen LogP contribution in [0.25, 0.3) is 0 Å². The summed E-state index contributed by atoms with van der Waals surface area (Å²) in [5.74, 6) is 0.517. The van der Waals surface area contributed by atoms with Crippen LogP contribution in [-0.2, 0) is 4.79 Å². The van der Waals surface area contributed by atoms with Gasteiger partial charge in [0.2, 0.25) is 5.91 Å². The summed E-state index contributed by atoms with van der Waals surface area (Å²) in [6.07, 6.45) is 8.25. The lowest BCUT2D eigenvalue weighted by Gasteiger charge is -2.45. The number of furan rings is 1. The highest BCUT2D eigenvalue weighted by molar-refractivity contribution is 5.97. The number of hydrogen-bond acceptors (Lipinski definition) is 4. The van der Waals surface area contributed by atoms with Crippen LogP contribution in [0.15, 0.2) is 23.0 Å². The SMILES string of the molecule is CC(NC(=O)c1ccoc1)C(=O)NC1C2CCCC1CC(N)C2.Cl. The van der Waals surface area contributed by atoms with Crippen LogP contribution in [0.2, 0.25) is 0 Å². The van der Waals surface area contributed by atoms with Crippen LogP contribution >= 0.6 is 12.4 Å². The van der Waals surface area contributed by atoms with Crippen LogP contribution in [0.4, 0.5) is 0 Å². The maximum Gasteiger partial charge on any atom is 0.255 e. The van der Waals surface area contributed by atoms with E-state index in [0.29, 0.717) is 17.4 Å². The first kappa shape index (κ1) is 18.8. The number of carbonyl (C=O) groups excluding carboxylic acids is 2. The minimum Gasteiger partial charge on any atom is -0.472 e. The van der Waals surface area contributed by atoms with Gasteiger partial charge in [-0.25, -0.2) is 0 Å². The molecule has 0 aliphatic heterocycles. The molecule has 2 amide bonds. The third-order valence-corrected chi connectivity index (χ3v) is 5.21. The summed E-state index contributed by atoms with van der Waals surface area (Å²) in [7, 11) is 0. The summed E-state index contributed by atoms with van der Waals surface area (Å²) < 4.78 is 4.89. The molecular weight excluding hydrogens is 330 g/mol. The van der Waals surface area contributed by atoms with Gasteiger partial charge in [0.05, 0.1) is 11.8 Å². The van der Waals surface area contributed by atoms with E-state index >= 15 is 0 Å². The highest BCUT2D eigenvalue weighted by atomic mass is 35.5. The van der Waals surface area contributed by atoms with Gasteiger partial charge in [-0.1, -0.05) is 6.42 Å². The lowest BCUT2D eigenvalue weighted by molar-refractivity contribution is -0.124. The van der Waals surface area contributed by atoms with Gasteiger partial charge in [0, 0.05) is 12.1 Å². The predicted molar refractivity (Wildman–Crippen MR) is 92.9 cm³/mol. The second kappa shape index (κ2) is 8.03. The van der Waals surface area contributed by atoms with Crippen molar-refractivity contribution in [2.75, 3.05) is 0 Å². The number of amides is 2. The van der Waals surface area contributed by atoms with Crippen LogP contribution in [0.5, 0.6) is 0 Å². The van der Waals surface area contributed by atoms with Crippen molar-refractivity contribution in [2.24, 2.45) is 17.6 Å². The highest BCUT2D eigenvalue weighted by Crippen LogP contribution is 2.39. The van der Waals surface area contributed by atoms with Crippen molar-refractivity contribution >= 4 is 24.2 Å². The Bertz CT molecular complexity index is 549. The van der Waals surface area contributed by atoms with E-state index in [4.69, 9.17) is 10.2 Å². The average molecular weight is 356 g/mol. The number of fused-ring (bicyclic) bond motifs is 2. The number of nitrogens with two attached hydrogens (primary N) is 1. The van der Waals surface area contributed by atoms with Gasteiger partial charge in [-0.3, -0.25) is 9.59 Å². The lowest BCUT2D eigenvalue weighted by Crippen LogP contribution is -2.57. The second-order valence-corrected chi connectivity index (χ2v) is 6.92. The first-order valence-electron chi connectivity index (χ1n) is 8.43. The fourth-order valence-electron chi connectivity index (χ4n) is 4.05. The van der Waals surface area contributed by atoms with Gasteiger partial charge < -0.3 is 20.8 Å². The summed E-state index contributed by atoms with van der Waals surface area (Å²) in [5, 5.41) is 5.87. The number of halogens is 1. The largest absolute Gasteiger partial charge is 0.472 e. The molecule has 1 heterocycles. The predicted octanol–water partition coefficient (Wildman–Crippen LogP) is 1.84. The molecule has 0 saturated heterocycles. The van der Waals surface area contributed by atoms with Gasteiger partial charge >= 0.3 is 0 Å². The smallest absolute Gasteiger partial charge is 0.255 e. The van der Waals surface area contributed by atoms with Crippen molar-refractivity contribution < 1.29 is 14.0 Å². The molecule has 1 aromatic heterocycles. The first-order valence-corrected chi connectivity index (χ1v) is 8.43. The third kappa shape index (κ3) is 4.11. The Morgan fingerprint density at radius 3 is 2.54 bits per heavy atom. The number of rotatable bonds is 4. The van der Waals surface area contributed by atoms with Crippen LogP contribution in [0, 0.1) is 11.8 Å². The van der Waals surface area contributed by atoms with Gasteiger partial charge in [-0.2, -0.15) is 0 Å². The molecule has 2 fully saturated rings. The van der Waals surface area contributed by atoms with Crippen molar-refractivity contribution in [3.63, 3.8) is 0 Å². The van der Waals surface area contributed by atoms with Gasteiger partial charge in [0.15, 0.2) is 0 Å². The van der Waals surface area contributed by atoms with Crippen LogP contribution in [0.1, 0.15) is 49.4 Å². The van der Waals surface area contributed by atoms with Crippen molar-refractivity contribution in [1.82, 2.24) is 10.6 Å². The molecule has 1 aromatic rings. The molecule has 134 valence electrons. The molecule has 0 radical (unpaired) electrons. The summed E-state index contributed by atoms with van der Waals surface area (Å²) in [5.41, 5.74) is 6.54. The van der Waals surface area contributed by atoms with Crippen molar-refractivity contribution in [2.45, 2.75) is 57.2 Å². The zero-order valence-corrected chi connectivity index (χ0v) is 14.7. The molecule has 3 unspecified atom stereocenters. The van der Waals surface area contributed by atoms with Gasteiger partial charge in [0.25, 0.3) is 5.91 Å². The molecule has 24 heavy (non-hydrogen) atoms. The maximum atomic E-state index is 12.4. The summed E-state index contributed by atoms with van der Waals surface area (Å²) in [6.45, 7) is 1.71. The standard InChI is InChI=1S/C17H25N3O3.ClH/c1-10(19-17(22)13-5-6-23-9-13)16(21)20-15-11-3-2-4-12(15)8-14(18)7-11;/h5-6,9-12,14-15H,2-4,7-8,18H2,1H3,(H,19,22)(H,20,21);1H. The average Bonchev–Trinajstić information content (AvgIpc) is 3.02. The summed E-state index contributed by atoms with van der Waals surface area (Å²) >= 11 is 0. The Labute approximate surface area is 148 Å². The molecule has 2 aliphatic rings. The highest BCUT2D eigenvalue weighted by Gasteiger charge is 2.40. The van der Waals surface area contributed by atoms with Crippen LogP contribution < -0.4 is 16.4 Å². The molecule has 4 N–H and O–H groups in total. The van der Waals surface area contributed by atoms with Crippen molar-refractivity contribution in [1.29, 1.82) is 0 Å². The molecule has 7 heteroatoms. The van der Waals surface area contributed by atoms with Crippen molar-refractivity contribution in [3.8, 4) is 0 Å². The molecule has 2 saturated carbocycles. The molecule has 6 nitrogen and oxygen atoms in total. The molecule has 3 atom stereocenters. The first-order chi connectivity index (χ1) is 11.0. The monoisotopic (exact) mass is 355 g/mol. The fraction of sp³-hybridized carbons (Fsp3) is 0.647. The van der Waals surface area contributed by atoms with Crippen LogP contribution in [0.3, 0.4) is 0 Å². The van der Waals surface area contributed by atoms with Gasteiger partial charge in [-0.05, 0) is 50.5 Å². The summed E-state index contributed by atoms with van der Waals surface area (Å²) in [4.78, 5) is 24.4. The van der Waals surface area contributed by atoms with E-state index in [1.165, 1.54) is 18.9 Å². The van der Waals surface area contributed by atoms with E-state index in [1.807, 2.05) is 0 Å². The number of carbonyl (C=O) groups is 2. The Morgan fingerprint density at radius 1 is 1.29 bits per heavy atom. The molecule has 3 rings (SSSR count). The lowest BCUT2D eigenvalue weighted by atomic mass is 9.67. The Balaban J connectivity index is 0.00000208. The van der Waals surface area contributed by atoms with Gasteiger partial charge in [0.1, 0.15) is 12.3 Å². The van der Waals surface area contributed by atoms with Gasteiger partial charge in [-0.15, -0.1) is 12.4 Å². The Kier molecular flexibility index (Phi) is 6.29. The van der Waals surface area contributed by atoms with E-state index in [-0.39, 0.29) is 36.3 Å². The Morgan fingerprint density at radius 2 is 1.96 bits per heavy atom. The molecule has 0 aromatic carbocycles. The van der Waals surface area contributed by atoms with E-state index in [9.17, 15) is 9.59 Å². The van der Waals surface area contributed by atoms with Crippen LogP contribution in [-0.4, -0.2) is 29.9 Å². The zero-order valence-electron chi connectivity index (χ0n) is 13.9. The van der Waals surface area contributed by atoms with E-state index in [0.717, 1.165) is 25.7 Å². The second-order valence-electron chi connectivity index (χ2n) is 6.92. The third-order valence-electron chi connectivity index (χ3n) is 5.21.